The molecule has 1 aliphatic heterocycles. The molecular formula is C13H10N2O4. The number of amides is 1. The molecule has 0 atom stereocenters. The number of fused-ring (bicyclic) bond motifs is 1. The lowest BCUT2D eigenvalue weighted by molar-refractivity contribution is -0.136. The third-order valence-corrected chi connectivity index (χ3v) is 2.86. The van der Waals surface area contributed by atoms with Crippen molar-refractivity contribution in [2.45, 2.75) is 12.8 Å². The summed E-state index contributed by atoms with van der Waals surface area (Å²) in [5.74, 6) is -0.631. The lowest BCUT2D eigenvalue weighted by Crippen LogP contribution is -2.03. The van der Waals surface area contributed by atoms with Gasteiger partial charge in [-0.3, -0.25) is 9.59 Å². The van der Waals surface area contributed by atoms with Crippen LogP contribution in [0.25, 0.3) is 11.5 Å². The first-order valence-electron chi connectivity index (χ1n) is 5.71. The van der Waals surface area contributed by atoms with Gasteiger partial charge in [0.2, 0.25) is 11.8 Å². The van der Waals surface area contributed by atoms with E-state index < -0.39 is 5.97 Å². The Balaban J connectivity index is 1.90. The fraction of sp³-hybridized carbons (Fsp3) is 0.154. The van der Waals surface area contributed by atoms with Crippen molar-refractivity contribution in [3.63, 3.8) is 0 Å². The number of nitrogens with zero attached hydrogens (tertiary/aromatic N) is 1. The van der Waals surface area contributed by atoms with E-state index in [1.165, 1.54) is 6.26 Å². The van der Waals surface area contributed by atoms with Crippen LogP contribution >= 0.6 is 0 Å². The molecule has 1 aliphatic rings. The maximum Gasteiger partial charge on any atom is 0.309 e. The number of hydrogen-bond donors (Lipinski definition) is 2. The summed E-state index contributed by atoms with van der Waals surface area (Å²) in [6.07, 6.45) is 1.50. The quantitative estimate of drug-likeness (QED) is 0.869. The summed E-state index contributed by atoms with van der Waals surface area (Å²) >= 11 is 0. The Labute approximate surface area is 108 Å². The van der Waals surface area contributed by atoms with E-state index in [0.717, 1.165) is 16.8 Å². The first-order valence-corrected chi connectivity index (χ1v) is 5.71. The molecule has 19 heavy (non-hydrogen) atoms. The second-order valence-electron chi connectivity index (χ2n) is 4.31. The van der Waals surface area contributed by atoms with Crippen LogP contribution in [-0.2, 0) is 22.4 Å². The molecule has 0 bridgehead atoms. The number of carboxylic acids is 1. The normalized spacial score (nSPS) is 13.2. The fourth-order valence-electron chi connectivity index (χ4n) is 2.04. The molecule has 96 valence electrons. The Hall–Kier alpha value is -2.63. The standard InChI is InChI=1S/C13H10N2O4/c16-11-4-8-3-7(1-2-10(8)15-11)13-14-9(6-19-13)5-12(17)18/h1-3,6H,4-5H2,(H,15,16)(H,17,18). The molecule has 1 aromatic carbocycles. The van der Waals surface area contributed by atoms with Gasteiger partial charge in [-0.2, -0.15) is 0 Å². The molecule has 0 saturated heterocycles. The Morgan fingerprint density at radius 1 is 1.47 bits per heavy atom. The van der Waals surface area contributed by atoms with Gasteiger partial charge in [0.15, 0.2) is 0 Å². The van der Waals surface area contributed by atoms with Crippen molar-refractivity contribution < 1.29 is 19.1 Å². The third kappa shape index (κ3) is 2.20. The predicted molar refractivity (Wildman–Crippen MR) is 65.6 cm³/mol. The van der Waals surface area contributed by atoms with Crippen molar-refractivity contribution in [3.8, 4) is 11.5 Å². The third-order valence-electron chi connectivity index (χ3n) is 2.86. The molecule has 0 aliphatic carbocycles. The SMILES string of the molecule is O=C(O)Cc1coc(-c2ccc3c(c2)CC(=O)N3)n1. The number of carbonyl (C=O) groups excluding carboxylic acids is 1. The van der Waals surface area contributed by atoms with Crippen molar-refractivity contribution >= 4 is 17.6 Å². The Bertz CT molecular complexity index is 675. The van der Waals surface area contributed by atoms with Crippen LogP contribution in [-0.4, -0.2) is 22.0 Å². The van der Waals surface area contributed by atoms with Gasteiger partial charge in [0.05, 0.1) is 18.5 Å². The van der Waals surface area contributed by atoms with Gasteiger partial charge in [-0.05, 0) is 23.8 Å². The monoisotopic (exact) mass is 258 g/mol. The number of oxazole rings is 1. The van der Waals surface area contributed by atoms with Crippen molar-refractivity contribution in [3.05, 3.63) is 35.7 Å². The van der Waals surface area contributed by atoms with Crippen LogP contribution in [0.15, 0.2) is 28.9 Å². The molecule has 2 heterocycles. The lowest BCUT2D eigenvalue weighted by Gasteiger charge is -2.00. The Kier molecular flexibility index (Phi) is 2.56. The van der Waals surface area contributed by atoms with Crippen LogP contribution in [0.3, 0.4) is 0 Å². The van der Waals surface area contributed by atoms with Gasteiger partial charge in [0.1, 0.15) is 6.26 Å². The van der Waals surface area contributed by atoms with Crippen molar-refractivity contribution in [2.24, 2.45) is 0 Å². The number of carbonyl (C=O) groups is 2. The number of hydrogen-bond acceptors (Lipinski definition) is 4. The molecule has 0 saturated carbocycles. The summed E-state index contributed by atoms with van der Waals surface area (Å²) in [5, 5.41) is 11.4. The minimum Gasteiger partial charge on any atom is -0.481 e. The average Bonchev–Trinajstić information content (AvgIpc) is 2.92. The lowest BCUT2D eigenvalue weighted by atomic mass is 10.1. The predicted octanol–water partition coefficient (Wildman–Crippen LogP) is 1.46. The fourth-order valence-corrected chi connectivity index (χ4v) is 2.04. The minimum absolute atomic E-state index is 0.0360. The zero-order valence-corrected chi connectivity index (χ0v) is 9.84. The summed E-state index contributed by atoms with van der Waals surface area (Å²) in [6.45, 7) is 0. The summed E-state index contributed by atoms with van der Waals surface area (Å²) in [4.78, 5) is 25.9. The summed E-state index contributed by atoms with van der Waals surface area (Å²) in [7, 11) is 0. The molecule has 1 aromatic heterocycles. The molecule has 6 heteroatoms. The highest BCUT2D eigenvalue weighted by Crippen LogP contribution is 2.28. The number of aromatic nitrogens is 1. The number of anilines is 1. The van der Waals surface area contributed by atoms with Gasteiger partial charge in [-0.15, -0.1) is 0 Å². The number of nitrogens with one attached hydrogen (secondary N) is 1. The Morgan fingerprint density at radius 2 is 2.32 bits per heavy atom. The van der Waals surface area contributed by atoms with E-state index in [0.29, 0.717) is 18.0 Å². The van der Waals surface area contributed by atoms with Gasteiger partial charge in [-0.25, -0.2) is 4.98 Å². The van der Waals surface area contributed by atoms with Gasteiger partial charge in [-0.1, -0.05) is 0 Å². The number of aliphatic carboxylic acids is 1. The summed E-state index contributed by atoms with van der Waals surface area (Å²) < 4.78 is 5.26. The first kappa shape index (κ1) is 11.5. The van der Waals surface area contributed by atoms with Crippen LogP contribution in [0.5, 0.6) is 0 Å². The van der Waals surface area contributed by atoms with Gasteiger partial charge >= 0.3 is 5.97 Å². The van der Waals surface area contributed by atoms with E-state index in [1.54, 1.807) is 12.1 Å². The maximum atomic E-state index is 11.3. The molecule has 1 amide bonds. The van der Waals surface area contributed by atoms with Crippen LogP contribution < -0.4 is 5.32 Å². The molecule has 2 N–H and O–H groups in total. The van der Waals surface area contributed by atoms with Crippen LogP contribution in [0.1, 0.15) is 11.3 Å². The second kappa shape index (κ2) is 4.24. The van der Waals surface area contributed by atoms with E-state index in [4.69, 9.17) is 9.52 Å². The minimum atomic E-state index is -0.955. The number of benzene rings is 1. The molecule has 3 rings (SSSR count). The van der Waals surface area contributed by atoms with Crippen molar-refractivity contribution in [1.29, 1.82) is 0 Å². The van der Waals surface area contributed by atoms with E-state index >= 15 is 0 Å². The number of carboxylic acid groups (broad SMARTS) is 1. The van der Waals surface area contributed by atoms with E-state index in [1.807, 2.05) is 6.07 Å². The van der Waals surface area contributed by atoms with Crippen LogP contribution in [0.4, 0.5) is 5.69 Å². The van der Waals surface area contributed by atoms with Crippen molar-refractivity contribution in [2.75, 3.05) is 5.32 Å². The molecule has 0 fully saturated rings. The highest BCUT2D eigenvalue weighted by molar-refractivity contribution is 5.99. The smallest absolute Gasteiger partial charge is 0.309 e. The maximum absolute atomic E-state index is 11.3. The molecule has 2 aromatic rings. The molecular weight excluding hydrogens is 248 g/mol. The van der Waals surface area contributed by atoms with E-state index in [2.05, 4.69) is 10.3 Å². The zero-order valence-electron chi connectivity index (χ0n) is 9.84. The molecule has 0 spiro atoms. The van der Waals surface area contributed by atoms with Crippen LogP contribution in [0, 0.1) is 0 Å². The molecule has 6 nitrogen and oxygen atoms in total. The first-order chi connectivity index (χ1) is 9.11. The van der Waals surface area contributed by atoms with Gasteiger partial charge < -0.3 is 14.8 Å². The number of rotatable bonds is 3. The largest absolute Gasteiger partial charge is 0.481 e. The zero-order chi connectivity index (χ0) is 13.4. The summed E-state index contributed by atoms with van der Waals surface area (Å²) in [6, 6.07) is 5.39. The molecule has 0 radical (unpaired) electrons. The van der Waals surface area contributed by atoms with Gasteiger partial charge in [0, 0.05) is 11.3 Å². The van der Waals surface area contributed by atoms with E-state index in [-0.39, 0.29) is 12.3 Å². The Morgan fingerprint density at radius 3 is 3.11 bits per heavy atom. The summed E-state index contributed by atoms with van der Waals surface area (Å²) in [5.41, 5.74) is 2.79. The van der Waals surface area contributed by atoms with Crippen LogP contribution in [0.2, 0.25) is 0 Å². The highest BCUT2D eigenvalue weighted by atomic mass is 16.4. The van der Waals surface area contributed by atoms with E-state index in [9.17, 15) is 9.59 Å². The van der Waals surface area contributed by atoms with Crippen molar-refractivity contribution in [1.82, 2.24) is 4.98 Å². The highest BCUT2D eigenvalue weighted by Gasteiger charge is 2.19. The second-order valence-corrected chi connectivity index (χ2v) is 4.31. The topological polar surface area (TPSA) is 92.4 Å². The molecule has 0 unspecified atom stereocenters. The van der Waals surface area contributed by atoms with Gasteiger partial charge in [0.25, 0.3) is 0 Å². The average molecular weight is 258 g/mol.